The lowest BCUT2D eigenvalue weighted by Crippen LogP contribution is -2.11. The van der Waals surface area contributed by atoms with Gasteiger partial charge in [-0.2, -0.15) is 0 Å². The number of carbonyl (C=O) groups excluding carboxylic acids is 1. The molecule has 0 spiro atoms. The molecule has 2 aromatic carbocycles. The predicted molar refractivity (Wildman–Crippen MR) is 97.7 cm³/mol. The molecule has 0 saturated heterocycles. The molecule has 1 amide bonds. The van der Waals surface area contributed by atoms with Gasteiger partial charge in [-0.1, -0.05) is 30.0 Å². The maximum absolute atomic E-state index is 12.5. The Morgan fingerprint density at radius 3 is 3.00 bits per heavy atom. The summed E-state index contributed by atoms with van der Waals surface area (Å²) in [4.78, 5) is 20.2. The summed E-state index contributed by atoms with van der Waals surface area (Å²) in [5.74, 6) is -0.114. The second-order valence-electron chi connectivity index (χ2n) is 5.07. The van der Waals surface area contributed by atoms with Crippen LogP contribution >= 0.6 is 23.1 Å². The molecule has 0 unspecified atom stereocenters. The van der Waals surface area contributed by atoms with E-state index in [0.29, 0.717) is 5.56 Å². The van der Waals surface area contributed by atoms with Crippen molar-refractivity contribution >= 4 is 55.8 Å². The number of hydrogen-bond donors (Lipinski definition) is 2. The molecule has 4 rings (SSSR count). The standard InChI is InChI=1S/C17H13N3OS2/c1-22-17-20-14-7-6-10(8-15(14)23-17)19-16(21)12-9-18-13-5-3-2-4-11(12)13/h2-9,18H,1H3,(H,19,21). The molecule has 0 aliphatic rings. The summed E-state index contributed by atoms with van der Waals surface area (Å²) in [6.45, 7) is 0. The number of nitrogens with zero attached hydrogens (tertiary/aromatic N) is 1. The average molecular weight is 339 g/mol. The summed E-state index contributed by atoms with van der Waals surface area (Å²) in [6, 6.07) is 13.6. The molecule has 2 heterocycles. The molecule has 0 saturated carbocycles. The van der Waals surface area contributed by atoms with E-state index < -0.39 is 0 Å². The van der Waals surface area contributed by atoms with Gasteiger partial charge in [-0.25, -0.2) is 4.98 Å². The SMILES string of the molecule is CSc1nc2ccc(NC(=O)c3c[nH]c4ccccc34)cc2s1. The van der Waals surface area contributed by atoms with Crippen LogP contribution in [0.25, 0.3) is 21.1 Å². The van der Waals surface area contributed by atoms with Gasteiger partial charge in [0.2, 0.25) is 0 Å². The smallest absolute Gasteiger partial charge is 0.257 e. The van der Waals surface area contributed by atoms with E-state index in [1.54, 1.807) is 29.3 Å². The second-order valence-corrected chi connectivity index (χ2v) is 7.15. The minimum absolute atomic E-state index is 0.114. The van der Waals surface area contributed by atoms with Crippen LogP contribution in [0.2, 0.25) is 0 Å². The number of aromatic amines is 1. The topological polar surface area (TPSA) is 57.8 Å². The van der Waals surface area contributed by atoms with Crippen molar-refractivity contribution in [1.29, 1.82) is 0 Å². The number of thiazole rings is 1. The maximum Gasteiger partial charge on any atom is 0.257 e. The number of para-hydroxylation sites is 1. The van der Waals surface area contributed by atoms with Crippen LogP contribution in [0.15, 0.2) is 53.0 Å². The van der Waals surface area contributed by atoms with Crippen molar-refractivity contribution in [2.75, 3.05) is 11.6 Å². The van der Waals surface area contributed by atoms with Crippen LogP contribution in [0.1, 0.15) is 10.4 Å². The number of nitrogens with one attached hydrogen (secondary N) is 2. The number of aromatic nitrogens is 2. The Kier molecular flexibility index (Phi) is 3.55. The molecule has 23 heavy (non-hydrogen) atoms. The lowest BCUT2D eigenvalue weighted by Gasteiger charge is -2.04. The third-order valence-electron chi connectivity index (χ3n) is 3.64. The van der Waals surface area contributed by atoms with Crippen molar-refractivity contribution in [3.05, 3.63) is 54.2 Å². The average Bonchev–Trinajstić information content (AvgIpc) is 3.18. The van der Waals surface area contributed by atoms with Gasteiger partial charge in [0.25, 0.3) is 5.91 Å². The Balaban J connectivity index is 1.65. The molecule has 0 aliphatic carbocycles. The van der Waals surface area contributed by atoms with Crippen molar-refractivity contribution in [3.8, 4) is 0 Å². The highest BCUT2D eigenvalue weighted by atomic mass is 32.2. The Labute approximate surface area is 140 Å². The maximum atomic E-state index is 12.5. The van der Waals surface area contributed by atoms with Crippen LogP contribution in [0.4, 0.5) is 5.69 Å². The highest BCUT2D eigenvalue weighted by molar-refractivity contribution is 8.00. The zero-order valence-electron chi connectivity index (χ0n) is 12.3. The van der Waals surface area contributed by atoms with Gasteiger partial charge in [-0.3, -0.25) is 4.79 Å². The monoisotopic (exact) mass is 339 g/mol. The third-order valence-corrected chi connectivity index (χ3v) is 5.64. The summed E-state index contributed by atoms with van der Waals surface area (Å²) in [5.41, 5.74) is 3.35. The highest BCUT2D eigenvalue weighted by Gasteiger charge is 2.12. The van der Waals surface area contributed by atoms with E-state index in [1.165, 1.54) is 0 Å². The number of fused-ring (bicyclic) bond motifs is 2. The Hall–Kier alpha value is -2.31. The highest BCUT2D eigenvalue weighted by Crippen LogP contribution is 2.30. The number of rotatable bonds is 3. The van der Waals surface area contributed by atoms with E-state index in [2.05, 4.69) is 15.3 Å². The molecule has 2 N–H and O–H groups in total. The van der Waals surface area contributed by atoms with Crippen LogP contribution in [0, 0.1) is 0 Å². The van der Waals surface area contributed by atoms with Crippen LogP contribution in [0.3, 0.4) is 0 Å². The van der Waals surface area contributed by atoms with E-state index in [-0.39, 0.29) is 5.91 Å². The Morgan fingerprint density at radius 2 is 2.13 bits per heavy atom. The Bertz CT molecular complexity index is 1020. The first-order valence-electron chi connectivity index (χ1n) is 7.06. The van der Waals surface area contributed by atoms with Gasteiger partial charge >= 0.3 is 0 Å². The lowest BCUT2D eigenvalue weighted by molar-refractivity contribution is 0.102. The van der Waals surface area contributed by atoms with Crippen LogP contribution in [0.5, 0.6) is 0 Å². The summed E-state index contributed by atoms with van der Waals surface area (Å²) in [5, 5.41) is 3.89. The molecule has 0 fully saturated rings. The van der Waals surface area contributed by atoms with Crippen molar-refractivity contribution in [2.45, 2.75) is 4.34 Å². The quantitative estimate of drug-likeness (QED) is 0.530. The molecule has 6 heteroatoms. The first-order valence-corrected chi connectivity index (χ1v) is 9.11. The lowest BCUT2D eigenvalue weighted by atomic mass is 10.1. The minimum Gasteiger partial charge on any atom is -0.360 e. The van der Waals surface area contributed by atoms with E-state index in [1.807, 2.05) is 48.7 Å². The summed E-state index contributed by atoms with van der Waals surface area (Å²) < 4.78 is 2.10. The van der Waals surface area contributed by atoms with Gasteiger partial charge in [-0.15, -0.1) is 11.3 Å². The normalized spacial score (nSPS) is 11.2. The fourth-order valence-electron chi connectivity index (χ4n) is 2.53. The van der Waals surface area contributed by atoms with Crippen molar-refractivity contribution < 1.29 is 4.79 Å². The number of H-pyrrole nitrogens is 1. The molecule has 2 aromatic heterocycles. The number of hydrogen-bond acceptors (Lipinski definition) is 4. The first kappa shape index (κ1) is 14.3. The van der Waals surface area contributed by atoms with Crippen molar-refractivity contribution in [2.24, 2.45) is 0 Å². The van der Waals surface area contributed by atoms with Gasteiger partial charge in [0, 0.05) is 22.8 Å². The van der Waals surface area contributed by atoms with Gasteiger partial charge in [0.05, 0.1) is 15.8 Å². The van der Waals surface area contributed by atoms with E-state index in [9.17, 15) is 4.79 Å². The van der Waals surface area contributed by atoms with Crippen LogP contribution in [-0.4, -0.2) is 22.1 Å². The molecular formula is C17H13N3OS2. The van der Waals surface area contributed by atoms with Gasteiger partial charge in [0.15, 0.2) is 4.34 Å². The fourth-order valence-corrected chi connectivity index (χ4v) is 4.05. The largest absolute Gasteiger partial charge is 0.360 e. The number of amides is 1. The number of benzene rings is 2. The molecule has 114 valence electrons. The molecule has 0 atom stereocenters. The van der Waals surface area contributed by atoms with Crippen LogP contribution in [-0.2, 0) is 0 Å². The van der Waals surface area contributed by atoms with E-state index in [0.717, 1.165) is 31.1 Å². The zero-order valence-corrected chi connectivity index (χ0v) is 13.9. The summed E-state index contributed by atoms with van der Waals surface area (Å²) in [7, 11) is 0. The summed E-state index contributed by atoms with van der Waals surface area (Å²) >= 11 is 3.26. The number of thioether (sulfide) groups is 1. The number of carbonyl (C=O) groups is 1. The van der Waals surface area contributed by atoms with Crippen molar-refractivity contribution in [1.82, 2.24) is 9.97 Å². The van der Waals surface area contributed by atoms with Crippen LogP contribution < -0.4 is 5.32 Å². The fraction of sp³-hybridized carbons (Fsp3) is 0.0588. The van der Waals surface area contributed by atoms with Crippen molar-refractivity contribution in [3.63, 3.8) is 0 Å². The third kappa shape index (κ3) is 2.60. The molecule has 0 radical (unpaired) electrons. The number of anilines is 1. The Morgan fingerprint density at radius 1 is 1.26 bits per heavy atom. The minimum atomic E-state index is -0.114. The second kappa shape index (κ2) is 5.72. The zero-order chi connectivity index (χ0) is 15.8. The van der Waals surface area contributed by atoms with E-state index >= 15 is 0 Å². The molecular weight excluding hydrogens is 326 g/mol. The molecule has 0 bridgehead atoms. The first-order chi connectivity index (χ1) is 11.2. The molecule has 4 nitrogen and oxygen atoms in total. The summed E-state index contributed by atoms with van der Waals surface area (Å²) in [6.07, 6.45) is 3.76. The molecule has 4 aromatic rings. The van der Waals surface area contributed by atoms with Gasteiger partial charge in [0.1, 0.15) is 0 Å². The predicted octanol–water partition coefficient (Wildman–Crippen LogP) is 4.75. The molecule has 0 aliphatic heterocycles. The van der Waals surface area contributed by atoms with Gasteiger partial charge in [-0.05, 0) is 30.5 Å². The van der Waals surface area contributed by atoms with Gasteiger partial charge < -0.3 is 10.3 Å². The van der Waals surface area contributed by atoms with E-state index in [4.69, 9.17) is 0 Å².